The molecular weight excluding hydrogens is 230 g/mol. The largest absolute Gasteiger partial charge is 0.392 e. The van der Waals surface area contributed by atoms with Crippen molar-refractivity contribution in [1.82, 2.24) is 9.88 Å². The summed E-state index contributed by atoms with van der Waals surface area (Å²) in [6, 6.07) is 0. The molecular formula is C9H13N3OS2. The Morgan fingerprint density at radius 2 is 2.47 bits per heavy atom. The molecule has 0 atom stereocenters. The second-order valence-electron chi connectivity index (χ2n) is 3.06. The normalized spacial score (nSPS) is 9.93. The average Bonchev–Trinajstić information content (AvgIpc) is 2.68. The van der Waals surface area contributed by atoms with Crippen LogP contribution in [-0.4, -0.2) is 33.9 Å². The third kappa shape index (κ3) is 3.56. The smallest absolute Gasteiger partial charge is 0.265 e. The quantitative estimate of drug-likeness (QED) is 0.791. The summed E-state index contributed by atoms with van der Waals surface area (Å²) in [6.07, 6.45) is 2.45. The zero-order valence-electron chi connectivity index (χ0n) is 8.47. The molecule has 1 amide bonds. The maximum Gasteiger partial charge on any atom is 0.265 e. The summed E-state index contributed by atoms with van der Waals surface area (Å²) in [4.78, 5) is 18.4. The van der Waals surface area contributed by atoms with Crippen molar-refractivity contribution >= 4 is 34.5 Å². The third-order valence-corrected chi connectivity index (χ3v) is 2.66. The molecule has 0 bridgehead atoms. The number of hydrogen-bond acceptors (Lipinski definition) is 4. The zero-order chi connectivity index (χ0) is 11.3. The van der Waals surface area contributed by atoms with Gasteiger partial charge in [-0.2, -0.15) is 0 Å². The van der Waals surface area contributed by atoms with Crippen LogP contribution in [0.4, 0.5) is 0 Å². The average molecular weight is 243 g/mol. The van der Waals surface area contributed by atoms with E-state index in [1.807, 2.05) is 6.92 Å². The van der Waals surface area contributed by atoms with E-state index in [2.05, 4.69) is 4.98 Å². The van der Waals surface area contributed by atoms with Gasteiger partial charge in [0.1, 0.15) is 4.88 Å². The summed E-state index contributed by atoms with van der Waals surface area (Å²) >= 11 is 6.13. The van der Waals surface area contributed by atoms with E-state index < -0.39 is 0 Å². The van der Waals surface area contributed by atoms with Gasteiger partial charge in [0.15, 0.2) is 0 Å². The van der Waals surface area contributed by atoms with E-state index in [0.717, 1.165) is 6.42 Å². The van der Waals surface area contributed by atoms with Crippen molar-refractivity contribution < 1.29 is 4.79 Å². The van der Waals surface area contributed by atoms with Crippen molar-refractivity contribution in [2.45, 2.75) is 13.3 Å². The molecule has 0 spiro atoms. The van der Waals surface area contributed by atoms with Crippen molar-refractivity contribution in [2.75, 3.05) is 13.1 Å². The first-order chi connectivity index (χ1) is 7.15. The summed E-state index contributed by atoms with van der Waals surface area (Å²) in [5.41, 5.74) is 7.08. The van der Waals surface area contributed by atoms with Crippen LogP contribution in [0.5, 0.6) is 0 Å². The van der Waals surface area contributed by atoms with Gasteiger partial charge in [-0.25, -0.2) is 0 Å². The van der Waals surface area contributed by atoms with E-state index in [1.54, 1.807) is 16.6 Å². The van der Waals surface area contributed by atoms with Crippen molar-refractivity contribution in [3.05, 3.63) is 16.6 Å². The highest BCUT2D eigenvalue weighted by Crippen LogP contribution is 2.09. The maximum absolute atomic E-state index is 11.9. The van der Waals surface area contributed by atoms with Crippen molar-refractivity contribution in [3.8, 4) is 0 Å². The molecule has 6 heteroatoms. The van der Waals surface area contributed by atoms with Crippen LogP contribution in [-0.2, 0) is 0 Å². The molecule has 1 heterocycles. The predicted molar refractivity (Wildman–Crippen MR) is 65.1 cm³/mol. The van der Waals surface area contributed by atoms with E-state index in [4.69, 9.17) is 18.0 Å². The van der Waals surface area contributed by atoms with Crippen LogP contribution in [0.3, 0.4) is 0 Å². The van der Waals surface area contributed by atoms with Gasteiger partial charge in [-0.3, -0.25) is 9.78 Å². The van der Waals surface area contributed by atoms with Gasteiger partial charge >= 0.3 is 0 Å². The second kappa shape index (κ2) is 5.77. The molecule has 15 heavy (non-hydrogen) atoms. The highest BCUT2D eigenvalue weighted by molar-refractivity contribution is 7.80. The van der Waals surface area contributed by atoms with Crippen LogP contribution in [0.2, 0.25) is 0 Å². The highest BCUT2D eigenvalue weighted by atomic mass is 32.1. The molecule has 82 valence electrons. The Morgan fingerprint density at radius 3 is 2.93 bits per heavy atom. The number of amides is 1. The molecule has 1 aromatic rings. The van der Waals surface area contributed by atoms with Crippen LogP contribution < -0.4 is 5.73 Å². The molecule has 0 fully saturated rings. The molecule has 0 saturated heterocycles. The van der Waals surface area contributed by atoms with Crippen LogP contribution in [0, 0.1) is 0 Å². The molecule has 0 saturated carbocycles. The van der Waals surface area contributed by atoms with Crippen molar-refractivity contribution in [2.24, 2.45) is 5.73 Å². The van der Waals surface area contributed by atoms with E-state index >= 15 is 0 Å². The number of hydrogen-bond donors (Lipinski definition) is 1. The number of rotatable bonds is 5. The Morgan fingerprint density at radius 1 is 1.73 bits per heavy atom. The fraction of sp³-hybridized carbons (Fsp3) is 0.444. The molecule has 0 aliphatic rings. The molecule has 0 aliphatic carbocycles. The van der Waals surface area contributed by atoms with Gasteiger partial charge in [0.2, 0.25) is 0 Å². The predicted octanol–water partition coefficient (Wildman–Crippen LogP) is 1.28. The van der Waals surface area contributed by atoms with Gasteiger partial charge in [-0.05, 0) is 6.42 Å². The van der Waals surface area contributed by atoms with E-state index in [-0.39, 0.29) is 5.91 Å². The van der Waals surface area contributed by atoms with Gasteiger partial charge in [0, 0.05) is 6.54 Å². The Balaban J connectivity index is 2.71. The number of nitrogens with zero attached hydrogens (tertiary/aromatic N) is 2. The molecule has 0 aromatic carbocycles. The number of aromatic nitrogens is 1. The molecule has 1 rings (SSSR count). The standard InChI is InChI=1S/C9H13N3OS2/c1-2-3-12(5-8(10)14)9(13)7-4-11-6-15-7/h4,6H,2-3,5H2,1H3,(H2,10,14). The van der Waals surface area contributed by atoms with Gasteiger partial charge < -0.3 is 10.6 Å². The molecule has 0 unspecified atom stereocenters. The van der Waals surface area contributed by atoms with Crippen LogP contribution in [0.25, 0.3) is 0 Å². The van der Waals surface area contributed by atoms with Crippen LogP contribution in [0.1, 0.15) is 23.0 Å². The molecule has 1 aromatic heterocycles. The van der Waals surface area contributed by atoms with Gasteiger partial charge in [-0.15, -0.1) is 11.3 Å². The minimum atomic E-state index is -0.0489. The Hall–Kier alpha value is -1.01. The number of nitrogens with two attached hydrogens (primary N) is 1. The molecule has 2 N–H and O–H groups in total. The molecule has 0 aliphatic heterocycles. The Kier molecular flexibility index (Phi) is 4.64. The van der Waals surface area contributed by atoms with E-state index in [1.165, 1.54) is 11.3 Å². The number of thiazole rings is 1. The van der Waals surface area contributed by atoms with Gasteiger partial charge in [-0.1, -0.05) is 19.1 Å². The summed E-state index contributed by atoms with van der Waals surface area (Å²) in [5, 5.41) is 0. The minimum Gasteiger partial charge on any atom is -0.392 e. The zero-order valence-corrected chi connectivity index (χ0v) is 10.1. The van der Waals surface area contributed by atoms with Crippen LogP contribution >= 0.6 is 23.6 Å². The molecule has 4 nitrogen and oxygen atoms in total. The number of thiocarbonyl (C=S) groups is 1. The second-order valence-corrected chi connectivity index (χ2v) is 4.47. The summed E-state index contributed by atoms with van der Waals surface area (Å²) in [5.74, 6) is -0.0489. The fourth-order valence-corrected chi connectivity index (χ4v) is 1.93. The van der Waals surface area contributed by atoms with E-state index in [9.17, 15) is 4.79 Å². The SMILES string of the molecule is CCCN(CC(N)=S)C(=O)c1cncs1. The lowest BCUT2D eigenvalue weighted by Gasteiger charge is -2.20. The topological polar surface area (TPSA) is 59.2 Å². The van der Waals surface area contributed by atoms with E-state index in [0.29, 0.717) is 23.0 Å². The summed E-state index contributed by atoms with van der Waals surface area (Å²) in [7, 11) is 0. The number of carbonyl (C=O) groups is 1. The first kappa shape index (κ1) is 12.1. The summed E-state index contributed by atoms with van der Waals surface area (Å²) in [6.45, 7) is 3.00. The Bertz CT molecular complexity index is 337. The fourth-order valence-electron chi connectivity index (χ4n) is 1.19. The van der Waals surface area contributed by atoms with Gasteiger partial charge in [0.05, 0.1) is 23.2 Å². The monoisotopic (exact) mass is 243 g/mol. The third-order valence-electron chi connectivity index (χ3n) is 1.77. The lowest BCUT2D eigenvalue weighted by molar-refractivity contribution is 0.0784. The van der Waals surface area contributed by atoms with Gasteiger partial charge in [0.25, 0.3) is 5.91 Å². The maximum atomic E-state index is 11.9. The number of carbonyl (C=O) groups excluding carboxylic acids is 1. The Labute approximate surface area is 98.1 Å². The van der Waals surface area contributed by atoms with Crippen LogP contribution in [0.15, 0.2) is 11.7 Å². The van der Waals surface area contributed by atoms with Crippen molar-refractivity contribution in [1.29, 1.82) is 0 Å². The summed E-state index contributed by atoms with van der Waals surface area (Å²) < 4.78 is 0. The minimum absolute atomic E-state index is 0.0489. The molecule has 0 radical (unpaired) electrons. The first-order valence-electron chi connectivity index (χ1n) is 4.61. The lowest BCUT2D eigenvalue weighted by atomic mass is 10.3. The lowest BCUT2D eigenvalue weighted by Crippen LogP contribution is -2.37. The highest BCUT2D eigenvalue weighted by Gasteiger charge is 2.16. The van der Waals surface area contributed by atoms with Crippen molar-refractivity contribution in [3.63, 3.8) is 0 Å². The first-order valence-corrected chi connectivity index (χ1v) is 5.90.